The number of para-hydroxylation sites is 1. The Kier molecular flexibility index (Phi) is 8.00. The second-order valence-corrected chi connectivity index (χ2v) is 9.27. The molecule has 188 valence electrons. The van der Waals surface area contributed by atoms with Gasteiger partial charge >= 0.3 is 0 Å². The van der Waals surface area contributed by atoms with E-state index in [9.17, 15) is 9.59 Å². The number of methoxy groups -OCH3 is 2. The van der Waals surface area contributed by atoms with E-state index in [0.717, 1.165) is 17.7 Å². The number of anilines is 1. The van der Waals surface area contributed by atoms with Crippen molar-refractivity contribution < 1.29 is 18.7 Å². The molecular formula is C27H29N3O5S. The van der Waals surface area contributed by atoms with Crippen molar-refractivity contribution in [1.82, 2.24) is 9.55 Å². The molecule has 2 aromatic carbocycles. The third kappa shape index (κ3) is 5.26. The zero-order valence-electron chi connectivity index (χ0n) is 20.7. The molecule has 4 rings (SSSR count). The number of nitrogens with zero attached hydrogens (tertiary/aromatic N) is 2. The molecule has 36 heavy (non-hydrogen) atoms. The van der Waals surface area contributed by atoms with Crippen molar-refractivity contribution in [2.24, 2.45) is 0 Å². The summed E-state index contributed by atoms with van der Waals surface area (Å²) in [4.78, 5) is 31.7. The molecule has 1 unspecified atom stereocenters. The predicted octanol–water partition coefficient (Wildman–Crippen LogP) is 5.13. The molecule has 1 N–H and O–H groups in total. The molecule has 0 bridgehead atoms. The van der Waals surface area contributed by atoms with Gasteiger partial charge in [-0.15, -0.1) is 0 Å². The lowest BCUT2D eigenvalue weighted by Crippen LogP contribution is -2.28. The van der Waals surface area contributed by atoms with E-state index in [1.165, 1.54) is 30.5 Å². The molecule has 0 radical (unpaired) electrons. The fourth-order valence-electron chi connectivity index (χ4n) is 3.93. The molecule has 0 spiro atoms. The first kappa shape index (κ1) is 25.4. The highest BCUT2D eigenvalue weighted by Crippen LogP contribution is 2.32. The molecule has 0 saturated carbocycles. The number of benzene rings is 2. The number of hydrogen-bond acceptors (Lipinski definition) is 7. The highest BCUT2D eigenvalue weighted by atomic mass is 32.2. The molecule has 1 atom stereocenters. The Bertz CT molecular complexity index is 1420. The Morgan fingerprint density at radius 3 is 2.53 bits per heavy atom. The van der Waals surface area contributed by atoms with Gasteiger partial charge in [-0.25, -0.2) is 4.98 Å². The van der Waals surface area contributed by atoms with Crippen LogP contribution >= 0.6 is 11.8 Å². The fraction of sp³-hybridized carbons (Fsp3) is 0.296. The Morgan fingerprint density at radius 2 is 1.86 bits per heavy atom. The molecule has 0 aliphatic rings. The molecular weight excluding hydrogens is 478 g/mol. The van der Waals surface area contributed by atoms with Crippen LogP contribution in [-0.4, -0.2) is 34.9 Å². The van der Waals surface area contributed by atoms with Crippen LogP contribution in [-0.2, 0) is 17.8 Å². The zero-order valence-corrected chi connectivity index (χ0v) is 21.6. The Balaban J connectivity index is 1.75. The van der Waals surface area contributed by atoms with Gasteiger partial charge in [0.15, 0.2) is 16.7 Å². The largest absolute Gasteiger partial charge is 0.493 e. The molecule has 1 amide bonds. The van der Waals surface area contributed by atoms with Crippen LogP contribution < -0.4 is 20.3 Å². The van der Waals surface area contributed by atoms with Crippen LogP contribution in [0.3, 0.4) is 0 Å². The monoisotopic (exact) mass is 507 g/mol. The molecule has 8 nitrogen and oxygen atoms in total. The van der Waals surface area contributed by atoms with Gasteiger partial charge in [0.25, 0.3) is 5.56 Å². The highest BCUT2D eigenvalue weighted by molar-refractivity contribution is 8.00. The number of rotatable bonds is 10. The third-order valence-corrected chi connectivity index (χ3v) is 7.24. The SMILES string of the molecule is CCc1ccccc1NC(=O)C(CC)Sc1nc2cc(OC)c(OC)cc2c(=O)n1Cc1ccco1. The number of furan rings is 1. The lowest BCUT2D eigenvalue weighted by Gasteiger charge is -2.19. The molecule has 2 aromatic heterocycles. The van der Waals surface area contributed by atoms with Gasteiger partial charge in [-0.3, -0.25) is 14.2 Å². The minimum absolute atomic E-state index is 0.144. The Labute approximate surface area is 213 Å². The second kappa shape index (κ2) is 11.3. The van der Waals surface area contributed by atoms with E-state index < -0.39 is 5.25 Å². The summed E-state index contributed by atoms with van der Waals surface area (Å²) in [6, 6.07) is 14.6. The number of fused-ring (bicyclic) bond motifs is 1. The molecule has 2 heterocycles. The van der Waals surface area contributed by atoms with Crippen molar-refractivity contribution in [1.29, 1.82) is 0 Å². The third-order valence-electron chi connectivity index (χ3n) is 5.89. The fourth-order valence-corrected chi connectivity index (χ4v) is 4.94. The summed E-state index contributed by atoms with van der Waals surface area (Å²) in [7, 11) is 3.05. The van der Waals surface area contributed by atoms with Gasteiger partial charge in [0, 0.05) is 11.8 Å². The maximum Gasteiger partial charge on any atom is 0.262 e. The summed E-state index contributed by atoms with van der Waals surface area (Å²) in [5.41, 5.74) is 2.06. The van der Waals surface area contributed by atoms with Crippen molar-refractivity contribution >= 4 is 34.3 Å². The number of hydrogen-bond donors (Lipinski definition) is 1. The predicted molar refractivity (Wildman–Crippen MR) is 141 cm³/mol. The van der Waals surface area contributed by atoms with Crippen LogP contribution in [0, 0.1) is 0 Å². The summed E-state index contributed by atoms with van der Waals surface area (Å²) in [6.45, 7) is 4.17. The number of aromatic nitrogens is 2. The summed E-state index contributed by atoms with van der Waals surface area (Å²) in [5, 5.41) is 3.39. The van der Waals surface area contributed by atoms with E-state index in [4.69, 9.17) is 18.9 Å². The normalized spacial score (nSPS) is 11.9. The van der Waals surface area contributed by atoms with E-state index in [-0.39, 0.29) is 18.0 Å². The second-order valence-electron chi connectivity index (χ2n) is 8.10. The number of carbonyl (C=O) groups is 1. The molecule has 0 saturated heterocycles. The first-order valence-electron chi connectivity index (χ1n) is 11.7. The van der Waals surface area contributed by atoms with Gasteiger partial charge in [0.05, 0.1) is 43.2 Å². The van der Waals surface area contributed by atoms with E-state index in [1.807, 2.05) is 38.1 Å². The lowest BCUT2D eigenvalue weighted by molar-refractivity contribution is -0.115. The molecule has 9 heteroatoms. The topological polar surface area (TPSA) is 95.6 Å². The summed E-state index contributed by atoms with van der Waals surface area (Å²) >= 11 is 1.26. The maximum absolute atomic E-state index is 13.6. The number of thioether (sulfide) groups is 1. The molecule has 0 fully saturated rings. The number of aryl methyl sites for hydroxylation is 1. The van der Waals surface area contributed by atoms with E-state index in [0.29, 0.717) is 39.7 Å². The van der Waals surface area contributed by atoms with Gasteiger partial charge < -0.3 is 19.2 Å². The number of amides is 1. The van der Waals surface area contributed by atoms with Gasteiger partial charge in [-0.05, 0) is 42.7 Å². The van der Waals surface area contributed by atoms with Gasteiger partial charge in [-0.1, -0.05) is 43.8 Å². The van der Waals surface area contributed by atoms with Crippen molar-refractivity contribution in [2.75, 3.05) is 19.5 Å². The minimum atomic E-state index is -0.470. The summed E-state index contributed by atoms with van der Waals surface area (Å²) < 4.78 is 17.8. The smallest absolute Gasteiger partial charge is 0.262 e. The van der Waals surface area contributed by atoms with Crippen molar-refractivity contribution in [2.45, 2.75) is 43.6 Å². The Morgan fingerprint density at radius 1 is 1.11 bits per heavy atom. The van der Waals surface area contributed by atoms with Crippen LogP contribution in [0.5, 0.6) is 11.5 Å². The summed E-state index contributed by atoms with van der Waals surface area (Å²) in [5.74, 6) is 1.37. The number of ether oxygens (including phenoxy) is 2. The van der Waals surface area contributed by atoms with E-state index >= 15 is 0 Å². The minimum Gasteiger partial charge on any atom is -0.493 e. The van der Waals surface area contributed by atoms with E-state index in [2.05, 4.69) is 5.32 Å². The number of nitrogens with one attached hydrogen (secondary N) is 1. The first-order valence-corrected chi connectivity index (χ1v) is 12.6. The van der Waals surface area contributed by atoms with Gasteiger partial charge in [0.2, 0.25) is 5.91 Å². The van der Waals surface area contributed by atoms with Crippen LogP contribution in [0.15, 0.2) is 69.2 Å². The number of carbonyl (C=O) groups excluding carboxylic acids is 1. The molecule has 0 aliphatic heterocycles. The molecule has 4 aromatic rings. The zero-order chi connectivity index (χ0) is 25.7. The summed E-state index contributed by atoms with van der Waals surface area (Å²) in [6.07, 6.45) is 2.91. The van der Waals surface area contributed by atoms with Crippen molar-refractivity contribution in [3.63, 3.8) is 0 Å². The van der Waals surface area contributed by atoms with Crippen LogP contribution in [0.25, 0.3) is 10.9 Å². The molecule has 0 aliphatic carbocycles. The van der Waals surface area contributed by atoms with E-state index in [1.54, 1.807) is 30.5 Å². The van der Waals surface area contributed by atoms with Gasteiger partial charge in [-0.2, -0.15) is 0 Å². The standard InChI is InChI=1S/C27H29N3O5S/c1-5-17-10-7-8-12-20(17)28-25(31)24(6-2)36-27-29-21-15-23(34-4)22(33-3)14-19(21)26(32)30(27)16-18-11-9-13-35-18/h7-15,24H,5-6,16H2,1-4H3,(H,28,31). The van der Waals surface area contributed by atoms with Crippen LogP contribution in [0.2, 0.25) is 0 Å². The first-order chi connectivity index (χ1) is 17.5. The average Bonchev–Trinajstić information content (AvgIpc) is 3.42. The van der Waals surface area contributed by atoms with Crippen LogP contribution in [0.1, 0.15) is 31.6 Å². The highest BCUT2D eigenvalue weighted by Gasteiger charge is 2.24. The maximum atomic E-state index is 13.6. The van der Waals surface area contributed by atoms with Crippen molar-refractivity contribution in [3.05, 3.63) is 76.5 Å². The van der Waals surface area contributed by atoms with Crippen LogP contribution in [0.4, 0.5) is 5.69 Å². The average molecular weight is 508 g/mol. The quantitative estimate of drug-likeness (QED) is 0.235. The van der Waals surface area contributed by atoms with Crippen molar-refractivity contribution in [3.8, 4) is 11.5 Å². The van der Waals surface area contributed by atoms with Gasteiger partial charge in [0.1, 0.15) is 5.76 Å². The lowest BCUT2D eigenvalue weighted by atomic mass is 10.1. The Hall–Kier alpha value is -3.72.